The van der Waals surface area contributed by atoms with Crippen molar-refractivity contribution in [1.82, 2.24) is 0 Å². The summed E-state index contributed by atoms with van der Waals surface area (Å²) in [4.78, 5) is 10.8. The second-order valence-corrected chi connectivity index (χ2v) is 4.91. The highest BCUT2D eigenvalue weighted by Gasteiger charge is 2.55. The highest BCUT2D eigenvalue weighted by atomic mass is 35.5. The smallest absolute Gasteiger partial charge is 0.308 e. The van der Waals surface area contributed by atoms with E-state index < -0.39 is 11.9 Å². The van der Waals surface area contributed by atoms with Gasteiger partial charge in [-0.15, -0.1) is 11.6 Å². The molecule has 3 atom stereocenters. The lowest BCUT2D eigenvalue weighted by atomic mass is 10.1. The molecule has 0 bridgehead atoms. The first-order chi connectivity index (χ1) is 7.00. The lowest BCUT2D eigenvalue weighted by Gasteiger charge is -2.00. The van der Waals surface area contributed by atoms with E-state index in [0.29, 0.717) is 10.0 Å². The van der Waals surface area contributed by atoms with Crippen LogP contribution in [0.3, 0.4) is 0 Å². The monoisotopic (exact) mass is 264 g/mol. The van der Waals surface area contributed by atoms with Crippen molar-refractivity contribution in [2.75, 3.05) is 0 Å². The lowest BCUT2D eigenvalue weighted by Crippen LogP contribution is -2.00. The fourth-order valence-corrected chi connectivity index (χ4v) is 2.75. The van der Waals surface area contributed by atoms with Crippen LogP contribution in [0.4, 0.5) is 0 Å². The second-order valence-electron chi connectivity index (χ2n) is 3.54. The van der Waals surface area contributed by atoms with Crippen LogP contribution >= 0.6 is 34.8 Å². The Morgan fingerprint density at radius 3 is 2.13 bits per heavy atom. The van der Waals surface area contributed by atoms with Gasteiger partial charge < -0.3 is 5.11 Å². The van der Waals surface area contributed by atoms with Crippen molar-refractivity contribution < 1.29 is 9.90 Å². The molecule has 0 heterocycles. The SMILES string of the molecule is O=C(O)[C@H]1C(Cl)C1c1cc(Cl)cc(Cl)c1. The van der Waals surface area contributed by atoms with E-state index in [-0.39, 0.29) is 11.3 Å². The normalized spacial score (nSPS) is 28.9. The maximum atomic E-state index is 10.8. The van der Waals surface area contributed by atoms with E-state index in [2.05, 4.69) is 0 Å². The molecule has 1 N–H and O–H groups in total. The van der Waals surface area contributed by atoms with Crippen LogP contribution in [-0.4, -0.2) is 16.5 Å². The molecule has 15 heavy (non-hydrogen) atoms. The fourth-order valence-electron chi connectivity index (χ4n) is 1.72. The minimum atomic E-state index is -0.879. The van der Waals surface area contributed by atoms with Crippen molar-refractivity contribution >= 4 is 40.8 Å². The van der Waals surface area contributed by atoms with Gasteiger partial charge in [-0.2, -0.15) is 0 Å². The van der Waals surface area contributed by atoms with E-state index in [1.54, 1.807) is 18.2 Å². The first-order valence-electron chi connectivity index (χ1n) is 4.33. The Labute approximate surface area is 102 Å². The zero-order valence-electron chi connectivity index (χ0n) is 7.45. The summed E-state index contributed by atoms with van der Waals surface area (Å²) in [6.45, 7) is 0. The van der Waals surface area contributed by atoms with E-state index in [0.717, 1.165) is 5.56 Å². The maximum Gasteiger partial charge on any atom is 0.308 e. The standard InChI is InChI=1S/C10H7Cl3O2/c11-5-1-4(2-6(12)3-5)7-8(9(7)13)10(14)15/h1-3,7-9H,(H,14,15)/t7?,8-,9?/m1/s1. The van der Waals surface area contributed by atoms with Gasteiger partial charge in [0.2, 0.25) is 0 Å². The molecule has 1 saturated carbocycles. The zero-order chi connectivity index (χ0) is 11.2. The summed E-state index contributed by atoms with van der Waals surface area (Å²) < 4.78 is 0. The van der Waals surface area contributed by atoms with Crippen molar-refractivity contribution in [3.8, 4) is 0 Å². The number of hydrogen-bond donors (Lipinski definition) is 1. The van der Waals surface area contributed by atoms with E-state index >= 15 is 0 Å². The molecule has 2 unspecified atom stereocenters. The number of hydrogen-bond acceptors (Lipinski definition) is 1. The van der Waals surface area contributed by atoms with Crippen LogP contribution in [0.2, 0.25) is 10.0 Å². The lowest BCUT2D eigenvalue weighted by molar-refractivity contribution is -0.138. The summed E-state index contributed by atoms with van der Waals surface area (Å²) in [5.41, 5.74) is 0.792. The summed E-state index contributed by atoms with van der Waals surface area (Å²) >= 11 is 17.5. The maximum absolute atomic E-state index is 10.8. The molecule has 0 amide bonds. The summed E-state index contributed by atoms with van der Waals surface area (Å²) in [6, 6.07) is 5.01. The van der Waals surface area contributed by atoms with Crippen molar-refractivity contribution in [2.45, 2.75) is 11.3 Å². The number of halogens is 3. The minimum Gasteiger partial charge on any atom is -0.481 e. The average molecular weight is 266 g/mol. The van der Waals surface area contributed by atoms with Crippen LogP contribution in [0, 0.1) is 5.92 Å². The van der Waals surface area contributed by atoms with E-state index in [1.807, 2.05) is 0 Å². The molecule has 2 nitrogen and oxygen atoms in total. The van der Waals surface area contributed by atoms with E-state index in [1.165, 1.54) is 0 Å². The molecule has 1 aromatic rings. The van der Waals surface area contributed by atoms with Gasteiger partial charge >= 0.3 is 5.97 Å². The molecule has 0 spiro atoms. The van der Waals surface area contributed by atoms with Gasteiger partial charge in [0.15, 0.2) is 0 Å². The van der Waals surface area contributed by atoms with Crippen molar-refractivity contribution in [3.63, 3.8) is 0 Å². The van der Waals surface area contributed by atoms with Gasteiger partial charge in [-0.05, 0) is 23.8 Å². The van der Waals surface area contributed by atoms with E-state index in [4.69, 9.17) is 39.9 Å². The Balaban J connectivity index is 2.29. The molecule has 80 valence electrons. The van der Waals surface area contributed by atoms with Crippen LogP contribution in [0.15, 0.2) is 18.2 Å². The number of benzene rings is 1. The largest absolute Gasteiger partial charge is 0.481 e. The van der Waals surface area contributed by atoms with Crippen LogP contribution in [-0.2, 0) is 4.79 Å². The molecule has 1 aromatic carbocycles. The molecule has 0 aliphatic heterocycles. The van der Waals surface area contributed by atoms with Crippen LogP contribution < -0.4 is 0 Å². The molecule has 1 aliphatic rings. The first kappa shape index (κ1) is 11.1. The number of aliphatic carboxylic acids is 1. The second kappa shape index (κ2) is 3.85. The van der Waals surface area contributed by atoms with Crippen LogP contribution in [0.1, 0.15) is 11.5 Å². The van der Waals surface area contributed by atoms with Crippen LogP contribution in [0.25, 0.3) is 0 Å². The van der Waals surface area contributed by atoms with Crippen molar-refractivity contribution in [2.24, 2.45) is 5.92 Å². The Morgan fingerprint density at radius 1 is 1.20 bits per heavy atom. The predicted octanol–water partition coefficient (Wildman–Crippen LogP) is 3.40. The third kappa shape index (κ3) is 2.07. The first-order valence-corrected chi connectivity index (χ1v) is 5.53. The number of alkyl halides is 1. The average Bonchev–Trinajstić information content (AvgIpc) is 2.75. The van der Waals surface area contributed by atoms with Gasteiger partial charge in [-0.1, -0.05) is 23.2 Å². The summed E-state index contributed by atoms with van der Waals surface area (Å²) in [6.07, 6.45) is 0. The predicted molar refractivity (Wildman–Crippen MR) is 60.0 cm³/mol. The fraction of sp³-hybridized carbons (Fsp3) is 0.300. The van der Waals surface area contributed by atoms with E-state index in [9.17, 15) is 4.79 Å². The molecule has 0 aromatic heterocycles. The van der Waals surface area contributed by atoms with Crippen molar-refractivity contribution in [3.05, 3.63) is 33.8 Å². The number of carbonyl (C=O) groups is 1. The van der Waals surface area contributed by atoms with Crippen LogP contribution in [0.5, 0.6) is 0 Å². The highest BCUT2D eigenvalue weighted by molar-refractivity contribution is 6.34. The molecular formula is C10H7Cl3O2. The molecule has 5 heteroatoms. The molecule has 1 fully saturated rings. The van der Waals surface area contributed by atoms with Gasteiger partial charge in [0.25, 0.3) is 0 Å². The molecular weight excluding hydrogens is 258 g/mol. The van der Waals surface area contributed by atoms with Crippen molar-refractivity contribution in [1.29, 1.82) is 0 Å². The highest BCUT2D eigenvalue weighted by Crippen LogP contribution is 2.52. The number of rotatable bonds is 2. The number of carboxylic acids is 1. The van der Waals surface area contributed by atoms with Gasteiger partial charge in [-0.3, -0.25) is 4.79 Å². The molecule has 2 rings (SSSR count). The van der Waals surface area contributed by atoms with Gasteiger partial charge in [0, 0.05) is 16.0 Å². The quantitative estimate of drug-likeness (QED) is 0.832. The summed E-state index contributed by atoms with van der Waals surface area (Å²) in [5.74, 6) is -1.59. The molecule has 1 aliphatic carbocycles. The summed E-state index contributed by atoms with van der Waals surface area (Å²) in [7, 11) is 0. The van der Waals surface area contributed by atoms with Gasteiger partial charge in [-0.25, -0.2) is 0 Å². The van der Waals surface area contributed by atoms with Gasteiger partial charge in [0.1, 0.15) is 0 Å². The topological polar surface area (TPSA) is 37.3 Å². The number of carboxylic acid groups (broad SMARTS) is 1. The third-order valence-corrected chi connectivity index (χ3v) is 3.47. The Morgan fingerprint density at radius 2 is 1.73 bits per heavy atom. The Kier molecular flexibility index (Phi) is 2.84. The molecule has 0 saturated heterocycles. The minimum absolute atomic E-state index is 0.180. The third-order valence-electron chi connectivity index (χ3n) is 2.49. The zero-order valence-corrected chi connectivity index (χ0v) is 9.72. The van der Waals surface area contributed by atoms with Gasteiger partial charge in [0.05, 0.1) is 11.3 Å². The Bertz CT molecular complexity index is 399. The summed E-state index contributed by atoms with van der Waals surface area (Å²) in [5, 5.41) is 9.47. The Hall–Kier alpha value is -0.440. The molecule has 0 radical (unpaired) electrons.